The van der Waals surface area contributed by atoms with Gasteiger partial charge in [0.25, 0.3) is 0 Å². The van der Waals surface area contributed by atoms with Gasteiger partial charge in [-0.3, -0.25) is 4.90 Å². The third-order valence-corrected chi connectivity index (χ3v) is 4.93. The van der Waals surface area contributed by atoms with Crippen LogP contribution in [0, 0.1) is 0 Å². The molecule has 1 fully saturated rings. The summed E-state index contributed by atoms with van der Waals surface area (Å²) in [4.78, 5) is 2.52. The van der Waals surface area contributed by atoms with E-state index in [1.54, 1.807) is 0 Å². The smallest absolute Gasteiger partial charge is 0.0464 e. The second-order valence-corrected chi connectivity index (χ2v) is 6.82. The maximum absolute atomic E-state index is 6.38. The van der Waals surface area contributed by atoms with Crippen LogP contribution >= 0.6 is 27.5 Å². The van der Waals surface area contributed by atoms with Crippen molar-refractivity contribution in [2.45, 2.75) is 51.2 Å². The molecule has 0 aromatic heterocycles. The fraction of sp³-hybridized carbons (Fsp3) is 0.600. The monoisotopic (exact) mass is 344 g/mol. The van der Waals surface area contributed by atoms with E-state index < -0.39 is 0 Å². The molecule has 1 aliphatic rings. The van der Waals surface area contributed by atoms with Crippen LogP contribution in [-0.2, 0) is 0 Å². The van der Waals surface area contributed by atoms with Gasteiger partial charge >= 0.3 is 0 Å². The maximum Gasteiger partial charge on any atom is 0.0464 e. The second-order valence-electron chi connectivity index (χ2n) is 5.50. The SMILES string of the molecule is CC(N)C1CCCCN1C(C)c1ccc(Br)cc1Cl. The zero-order chi connectivity index (χ0) is 14.0. The summed E-state index contributed by atoms with van der Waals surface area (Å²) in [6, 6.07) is 7.13. The van der Waals surface area contributed by atoms with Gasteiger partial charge in [-0.25, -0.2) is 0 Å². The Bertz CT molecular complexity index is 436. The molecular weight excluding hydrogens is 324 g/mol. The summed E-state index contributed by atoms with van der Waals surface area (Å²) in [7, 11) is 0. The Morgan fingerprint density at radius 3 is 2.74 bits per heavy atom. The quantitative estimate of drug-likeness (QED) is 0.881. The first-order valence-electron chi connectivity index (χ1n) is 6.97. The highest BCUT2D eigenvalue weighted by molar-refractivity contribution is 9.10. The van der Waals surface area contributed by atoms with Gasteiger partial charge in [-0.05, 0) is 50.9 Å². The van der Waals surface area contributed by atoms with Crippen molar-refractivity contribution in [1.82, 2.24) is 4.90 Å². The van der Waals surface area contributed by atoms with Crippen molar-refractivity contribution < 1.29 is 0 Å². The topological polar surface area (TPSA) is 29.3 Å². The minimum atomic E-state index is 0.206. The van der Waals surface area contributed by atoms with Gasteiger partial charge in [0, 0.05) is 27.6 Å². The highest BCUT2D eigenvalue weighted by Crippen LogP contribution is 2.34. The number of piperidine rings is 1. The molecule has 1 saturated heterocycles. The van der Waals surface area contributed by atoms with Crippen molar-refractivity contribution in [3.63, 3.8) is 0 Å². The number of nitrogens with zero attached hydrogens (tertiary/aromatic N) is 1. The first-order chi connectivity index (χ1) is 9.00. The molecule has 2 N–H and O–H groups in total. The van der Waals surface area contributed by atoms with E-state index in [4.69, 9.17) is 17.3 Å². The molecule has 1 heterocycles. The Hall–Kier alpha value is -0.0900. The molecular formula is C15H22BrClN2. The maximum atomic E-state index is 6.38. The van der Waals surface area contributed by atoms with Gasteiger partial charge in [-0.15, -0.1) is 0 Å². The summed E-state index contributed by atoms with van der Waals surface area (Å²) in [6.45, 7) is 5.45. The van der Waals surface area contributed by atoms with E-state index in [1.807, 2.05) is 6.07 Å². The van der Waals surface area contributed by atoms with Crippen LogP contribution in [0.4, 0.5) is 0 Å². The molecule has 1 aliphatic heterocycles. The Morgan fingerprint density at radius 1 is 1.37 bits per heavy atom. The van der Waals surface area contributed by atoms with E-state index in [2.05, 4.69) is 46.8 Å². The molecule has 2 nitrogen and oxygen atoms in total. The zero-order valence-electron chi connectivity index (χ0n) is 11.6. The average molecular weight is 346 g/mol. The number of halogens is 2. The summed E-state index contributed by atoms with van der Waals surface area (Å²) in [6.07, 6.45) is 3.72. The van der Waals surface area contributed by atoms with Gasteiger partial charge < -0.3 is 5.73 Å². The van der Waals surface area contributed by atoms with Crippen LogP contribution in [0.1, 0.15) is 44.7 Å². The number of benzene rings is 1. The van der Waals surface area contributed by atoms with E-state index >= 15 is 0 Å². The lowest BCUT2D eigenvalue weighted by Gasteiger charge is -2.42. The molecule has 1 aromatic carbocycles. The van der Waals surface area contributed by atoms with E-state index in [-0.39, 0.29) is 6.04 Å². The van der Waals surface area contributed by atoms with Crippen LogP contribution in [-0.4, -0.2) is 23.5 Å². The van der Waals surface area contributed by atoms with Gasteiger partial charge in [0.1, 0.15) is 0 Å². The lowest BCUT2D eigenvalue weighted by atomic mass is 9.93. The summed E-state index contributed by atoms with van der Waals surface area (Å²) in [5.74, 6) is 0. The molecule has 3 atom stereocenters. The molecule has 19 heavy (non-hydrogen) atoms. The fourth-order valence-corrected chi connectivity index (χ4v) is 3.88. The first kappa shape index (κ1) is 15.3. The molecule has 2 rings (SSSR count). The number of hydrogen-bond acceptors (Lipinski definition) is 2. The van der Waals surface area contributed by atoms with Crippen LogP contribution in [0.3, 0.4) is 0 Å². The third-order valence-electron chi connectivity index (χ3n) is 4.11. The summed E-state index contributed by atoms with van der Waals surface area (Å²) < 4.78 is 1.02. The van der Waals surface area contributed by atoms with Crippen LogP contribution in [0.2, 0.25) is 5.02 Å². The molecule has 4 heteroatoms. The lowest BCUT2D eigenvalue weighted by molar-refractivity contribution is 0.0890. The Morgan fingerprint density at radius 2 is 2.11 bits per heavy atom. The molecule has 0 bridgehead atoms. The van der Waals surface area contributed by atoms with Gasteiger partial charge in [0.2, 0.25) is 0 Å². The van der Waals surface area contributed by atoms with Gasteiger partial charge in [0.15, 0.2) is 0 Å². The molecule has 0 amide bonds. The molecule has 0 spiro atoms. The van der Waals surface area contributed by atoms with Gasteiger partial charge in [-0.1, -0.05) is 40.0 Å². The van der Waals surface area contributed by atoms with Crippen LogP contribution < -0.4 is 5.73 Å². The molecule has 1 aromatic rings. The van der Waals surface area contributed by atoms with Crippen molar-refractivity contribution in [2.24, 2.45) is 5.73 Å². The standard InChI is InChI=1S/C15H22BrClN2/c1-10(18)15-5-3-4-8-19(15)11(2)13-7-6-12(16)9-14(13)17/h6-7,9-11,15H,3-5,8,18H2,1-2H3. The van der Waals surface area contributed by atoms with Crippen LogP contribution in [0.25, 0.3) is 0 Å². The summed E-state index contributed by atoms with van der Waals surface area (Å²) in [5.41, 5.74) is 7.35. The summed E-state index contributed by atoms with van der Waals surface area (Å²) in [5, 5.41) is 0.830. The Balaban J connectivity index is 2.23. The lowest BCUT2D eigenvalue weighted by Crippen LogP contribution is -2.49. The first-order valence-corrected chi connectivity index (χ1v) is 8.14. The Kier molecular flexibility index (Phi) is 5.29. The Labute approximate surface area is 129 Å². The predicted octanol–water partition coefficient (Wildman–Crippen LogP) is 4.37. The number of likely N-dealkylation sites (tertiary alicyclic amines) is 1. The molecule has 0 aliphatic carbocycles. The van der Waals surface area contributed by atoms with Crippen molar-refractivity contribution in [3.05, 3.63) is 33.3 Å². The van der Waals surface area contributed by atoms with Crippen LogP contribution in [0.5, 0.6) is 0 Å². The molecule has 106 valence electrons. The third kappa shape index (κ3) is 3.52. The number of hydrogen-bond donors (Lipinski definition) is 1. The fourth-order valence-electron chi connectivity index (χ4n) is 3.04. The average Bonchev–Trinajstić information content (AvgIpc) is 2.38. The van der Waals surface area contributed by atoms with Crippen LogP contribution in [0.15, 0.2) is 22.7 Å². The highest BCUT2D eigenvalue weighted by Gasteiger charge is 2.30. The van der Waals surface area contributed by atoms with Gasteiger partial charge in [0.05, 0.1) is 0 Å². The van der Waals surface area contributed by atoms with E-state index in [0.717, 1.165) is 16.0 Å². The van der Waals surface area contributed by atoms with Crippen molar-refractivity contribution in [2.75, 3.05) is 6.54 Å². The molecule has 3 unspecified atom stereocenters. The second kappa shape index (κ2) is 6.57. The van der Waals surface area contributed by atoms with E-state index in [0.29, 0.717) is 12.1 Å². The normalized spacial score (nSPS) is 24.2. The van der Waals surface area contributed by atoms with Gasteiger partial charge in [-0.2, -0.15) is 0 Å². The summed E-state index contributed by atoms with van der Waals surface area (Å²) >= 11 is 9.84. The van der Waals surface area contributed by atoms with E-state index in [9.17, 15) is 0 Å². The zero-order valence-corrected chi connectivity index (χ0v) is 13.9. The largest absolute Gasteiger partial charge is 0.327 e. The highest BCUT2D eigenvalue weighted by atomic mass is 79.9. The van der Waals surface area contributed by atoms with Crippen molar-refractivity contribution in [3.8, 4) is 0 Å². The van der Waals surface area contributed by atoms with E-state index in [1.165, 1.54) is 24.8 Å². The number of rotatable bonds is 3. The minimum absolute atomic E-state index is 0.206. The van der Waals surface area contributed by atoms with Crippen molar-refractivity contribution in [1.29, 1.82) is 0 Å². The predicted molar refractivity (Wildman–Crippen MR) is 85.6 cm³/mol. The molecule has 0 radical (unpaired) electrons. The molecule has 0 saturated carbocycles. The number of nitrogens with two attached hydrogens (primary N) is 1. The van der Waals surface area contributed by atoms with Crippen molar-refractivity contribution >= 4 is 27.5 Å². The minimum Gasteiger partial charge on any atom is -0.327 e.